The quantitative estimate of drug-likeness (QED) is 0.120. The van der Waals surface area contributed by atoms with Crippen LogP contribution in [0.5, 0.6) is 11.5 Å². The molecule has 0 saturated carbocycles. The predicted octanol–water partition coefficient (Wildman–Crippen LogP) is -3.09. The van der Waals surface area contributed by atoms with E-state index in [0.717, 1.165) is 24.3 Å². The fourth-order valence-electron chi connectivity index (χ4n) is 1.48. The highest BCUT2D eigenvalue weighted by molar-refractivity contribution is 7.86. The van der Waals surface area contributed by atoms with Crippen molar-refractivity contribution in [1.82, 2.24) is 0 Å². The minimum atomic E-state index is -4.52. The van der Waals surface area contributed by atoms with Crippen molar-refractivity contribution in [3.63, 3.8) is 0 Å². The second kappa shape index (κ2) is 22.5. The van der Waals surface area contributed by atoms with Gasteiger partial charge in [0.15, 0.2) is 0 Å². The molecular weight excluding hydrogens is 542 g/mol. The summed E-state index contributed by atoms with van der Waals surface area (Å²) in [6.07, 6.45) is 0. The van der Waals surface area contributed by atoms with Crippen LogP contribution in [0.3, 0.4) is 0 Å². The molecule has 18 heteroatoms. The Bertz CT molecular complexity index is 1190. The van der Waals surface area contributed by atoms with E-state index in [-0.39, 0.29) is 33.2 Å². The maximum absolute atomic E-state index is 10.8. The molecule has 12 N–H and O–H groups in total. The molecule has 0 heterocycles. The van der Waals surface area contributed by atoms with Gasteiger partial charge in [0.05, 0.1) is 28.0 Å². The Morgan fingerprint density at radius 2 is 0.816 bits per heavy atom. The molecule has 38 heavy (non-hydrogen) atoms. The lowest BCUT2D eigenvalue weighted by atomic mass is 10.3. The first-order valence-corrected chi connectivity index (χ1v) is 12.2. The van der Waals surface area contributed by atoms with Crippen LogP contribution >= 0.6 is 0 Å². The Kier molecular flexibility index (Phi) is 23.9. The third-order valence-corrected chi connectivity index (χ3v) is 4.16. The minimum Gasteiger partial charge on any atom is -0.744 e. The number of nitrogens with zero attached hydrogens (tertiary/aromatic N) is 3. The minimum absolute atomic E-state index is 0.0833. The largest absolute Gasteiger partial charge is 0.744 e. The highest BCUT2D eigenvalue weighted by atomic mass is 32.2. The SMILES string of the molecule is CC#N.CC#N.CC#N.NC(N)=[NH2+].NC(N)=[NH2+].O=S(=O)([O-])c1ccc(Oc2ccc(S(=O)(=O)[O-])cc2)cc1. The van der Waals surface area contributed by atoms with E-state index in [0.29, 0.717) is 0 Å². The molecule has 0 bridgehead atoms. The molecule has 2 rings (SSSR count). The summed E-state index contributed by atoms with van der Waals surface area (Å²) < 4.78 is 69.8. The molecule has 2 aromatic carbocycles. The van der Waals surface area contributed by atoms with E-state index in [1.807, 2.05) is 0 Å². The second-order valence-corrected chi connectivity index (χ2v) is 8.38. The van der Waals surface area contributed by atoms with Crippen molar-refractivity contribution in [2.45, 2.75) is 30.6 Å². The molecule has 208 valence electrons. The first kappa shape index (κ1) is 40.2. The van der Waals surface area contributed by atoms with E-state index in [4.69, 9.17) is 20.5 Å². The molecule has 16 nitrogen and oxygen atoms in total. The van der Waals surface area contributed by atoms with Gasteiger partial charge in [-0.05, 0) is 48.5 Å². The lowest BCUT2D eigenvalue weighted by molar-refractivity contribution is -0.117. The van der Waals surface area contributed by atoms with Crippen molar-refractivity contribution in [2.75, 3.05) is 0 Å². The standard InChI is InChI=1S/C12H10O7S2.3C2H3N.2CH5N3/c13-20(14,15)11-5-1-9(2-6-11)19-10-3-7-12(8-4-10)21(16,17)18;3*1-2-3;2*2-1(3)4/h1-8H,(H,13,14,15)(H,16,17,18);3*1H3;2*(H5,2,3,4). The predicted molar refractivity (Wildman–Crippen MR) is 133 cm³/mol. The molecule has 0 atom stereocenters. The van der Waals surface area contributed by atoms with Crippen molar-refractivity contribution in [3.05, 3.63) is 48.5 Å². The van der Waals surface area contributed by atoms with Crippen LogP contribution in [0.4, 0.5) is 0 Å². The Morgan fingerprint density at radius 3 is 0.947 bits per heavy atom. The highest BCUT2D eigenvalue weighted by Gasteiger charge is 2.04. The molecule has 0 aliphatic heterocycles. The van der Waals surface area contributed by atoms with Crippen LogP contribution in [-0.2, 0) is 20.2 Å². The average Bonchev–Trinajstić information content (AvgIpc) is 2.74. The number of nitriles is 3. The molecule has 0 unspecified atom stereocenters. The smallest absolute Gasteiger partial charge is 0.336 e. The fraction of sp³-hybridized carbons (Fsp3) is 0.150. The summed E-state index contributed by atoms with van der Waals surface area (Å²) in [5.74, 6) is 0.334. The average molecular weight is 572 g/mol. The summed E-state index contributed by atoms with van der Waals surface area (Å²) in [5.41, 5.74) is 18.3. The summed E-state index contributed by atoms with van der Waals surface area (Å²) in [7, 11) is -9.04. The van der Waals surface area contributed by atoms with Gasteiger partial charge in [-0.15, -0.1) is 0 Å². The van der Waals surface area contributed by atoms with E-state index in [2.05, 4.69) is 33.8 Å². The van der Waals surface area contributed by atoms with Crippen LogP contribution in [0, 0.1) is 34.0 Å². The van der Waals surface area contributed by atoms with Gasteiger partial charge >= 0.3 is 11.9 Å². The number of nitrogens with two attached hydrogens (primary N) is 6. The van der Waals surface area contributed by atoms with Crippen molar-refractivity contribution >= 4 is 32.2 Å². The highest BCUT2D eigenvalue weighted by Crippen LogP contribution is 2.24. The molecule has 0 aromatic heterocycles. The lowest BCUT2D eigenvalue weighted by Crippen LogP contribution is -2.51. The van der Waals surface area contributed by atoms with Crippen LogP contribution in [0.2, 0.25) is 0 Å². The normalized spacial score (nSPS) is 8.58. The van der Waals surface area contributed by atoms with Crippen LogP contribution in [0.15, 0.2) is 58.3 Å². The van der Waals surface area contributed by atoms with Gasteiger partial charge < -0.3 is 13.8 Å². The van der Waals surface area contributed by atoms with Crippen molar-refractivity contribution in [1.29, 1.82) is 15.8 Å². The monoisotopic (exact) mass is 571 g/mol. The van der Waals surface area contributed by atoms with Crippen LogP contribution in [0.1, 0.15) is 20.8 Å². The van der Waals surface area contributed by atoms with E-state index < -0.39 is 20.2 Å². The first-order chi connectivity index (χ1) is 17.4. The summed E-state index contributed by atoms with van der Waals surface area (Å²) in [6.45, 7) is 4.29. The van der Waals surface area contributed by atoms with E-state index in [1.54, 1.807) is 18.2 Å². The molecule has 0 aliphatic carbocycles. The summed E-state index contributed by atoms with van der Waals surface area (Å²) >= 11 is 0. The molecule has 0 fully saturated rings. The van der Waals surface area contributed by atoms with E-state index in [9.17, 15) is 25.9 Å². The van der Waals surface area contributed by atoms with E-state index >= 15 is 0 Å². The topological polar surface area (TPSA) is 350 Å². The molecule has 0 saturated heterocycles. The molecule has 0 amide bonds. The Morgan fingerprint density at radius 1 is 0.658 bits per heavy atom. The Hall–Kier alpha value is -4.93. The Balaban J connectivity index is -0.000000279. The maximum Gasteiger partial charge on any atom is 0.336 e. The van der Waals surface area contributed by atoms with Crippen molar-refractivity contribution < 1.29 is 41.5 Å². The van der Waals surface area contributed by atoms with Gasteiger partial charge in [-0.2, -0.15) is 15.8 Å². The van der Waals surface area contributed by atoms with Crippen LogP contribution < -0.4 is 38.5 Å². The number of ether oxygens (including phenoxy) is 1. The second-order valence-electron chi connectivity index (χ2n) is 5.62. The van der Waals surface area contributed by atoms with Crippen LogP contribution in [0.25, 0.3) is 0 Å². The summed E-state index contributed by atoms with van der Waals surface area (Å²) in [6, 6.07) is 14.7. The number of hydrogen-bond donors (Lipinski definition) is 6. The third-order valence-electron chi connectivity index (χ3n) is 2.46. The van der Waals surface area contributed by atoms with Gasteiger partial charge in [0, 0.05) is 20.8 Å². The molecular formula is C20H29N9O7S2. The third kappa shape index (κ3) is 29.1. The van der Waals surface area contributed by atoms with Gasteiger partial charge in [-0.3, -0.25) is 33.8 Å². The van der Waals surface area contributed by atoms with Crippen molar-refractivity contribution in [2.24, 2.45) is 22.9 Å². The van der Waals surface area contributed by atoms with Crippen molar-refractivity contribution in [3.8, 4) is 29.7 Å². The van der Waals surface area contributed by atoms with Gasteiger partial charge in [0.1, 0.15) is 31.7 Å². The van der Waals surface area contributed by atoms with E-state index in [1.165, 1.54) is 45.0 Å². The zero-order valence-electron chi connectivity index (χ0n) is 20.6. The molecule has 0 radical (unpaired) electrons. The Labute approximate surface area is 221 Å². The van der Waals surface area contributed by atoms with Gasteiger partial charge in [-0.25, -0.2) is 16.8 Å². The number of benzene rings is 2. The van der Waals surface area contributed by atoms with Gasteiger partial charge in [0.25, 0.3) is 0 Å². The summed E-state index contributed by atoms with van der Waals surface area (Å²) in [5, 5.41) is 31.1. The molecule has 0 aliphatic rings. The molecule has 0 spiro atoms. The zero-order chi connectivity index (χ0) is 30.9. The van der Waals surface area contributed by atoms with Crippen LogP contribution in [-0.4, -0.2) is 37.9 Å². The van der Waals surface area contributed by atoms with Gasteiger partial charge in [-0.1, -0.05) is 0 Å². The maximum atomic E-state index is 10.8. The van der Waals surface area contributed by atoms with Gasteiger partial charge in [0.2, 0.25) is 0 Å². The lowest BCUT2D eigenvalue weighted by Gasteiger charge is -2.10. The fourth-order valence-corrected chi connectivity index (χ4v) is 2.42. The number of rotatable bonds is 4. The molecule has 2 aromatic rings. The number of guanidine groups is 2. The first-order valence-electron chi connectivity index (χ1n) is 9.36. The zero-order valence-corrected chi connectivity index (χ0v) is 22.2. The summed E-state index contributed by atoms with van der Waals surface area (Å²) in [4.78, 5) is -0.773. The number of hydrogen-bond acceptors (Lipinski definition) is 10.